The molecule has 2 heterocycles. The summed E-state index contributed by atoms with van der Waals surface area (Å²) < 4.78 is 33.1. The first-order valence-corrected chi connectivity index (χ1v) is 25.6. The number of unbranched alkanes of at least 4 members (excludes halogenated alkanes) is 2. The topological polar surface area (TPSA) is 149 Å². The van der Waals surface area contributed by atoms with Crippen LogP contribution in [0, 0.1) is 23.7 Å². The summed E-state index contributed by atoms with van der Waals surface area (Å²) in [5, 5.41) is 34.7. The molecule has 0 aromatic heterocycles. The number of carbonyl (C=O) groups is 1. The molecule has 358 valence electrons. The number of thioether (sulfide) groups is 1. The Bertz CT molecular complexity index is 1830. The van der Waals surface area contributed by atoms with Crippen molar-refractivity contribution in [3.63, 3.8) is 0 Å². The van der Waals surface area contributed by atoms with Gasteiger partial charge in [0.05, 0.1) is 51.3 Å². The number of hydrogen-bond donors (Lipinski definition) is 3. The number of fused-ring (bicyclic) bond motifs is 2. The van der Waals surface area contributed by atoms with Crippen LogP contribution in [0.1, 0.15) is 114 Å². The van der Waals surface area contributed by atoms with E-state index in [-0.39, 0.29) is 69.8 Å². The van der Waals surface area contributed by atoms with E-state index in [1.165, 1.54) is 17.7 Å². The van der Waals surface area contributed by atoms with E-state index in [0.717, 1.165) is 92.6 Å². The van der Waals surface area contributed by atoms with Gasteiger partial charge in [0.15, 0.2) is 0 Å². The molecule has 7 rings (SSSR count). The third-order valence-electron chi connectivity index (χ3n) is 14.1. The van der Waals surface area contributed by atoms with Gasteiger partial charge in [-0.05, 0) is 98.6 Å². The van der Waals surface area contributed by atoms with Gasteiger partial charge in [0.2, 0.25) is 18.0 Å². The minimum absolute atomic E-state index is 0.0136. The summed E-state index contributed by atoms with van der Waals surface area (Å²) in [5.74, 6) is 1.01. The van der Waals surface area contributed by atoms with E-state index >= 15 is 0 Å². The summed E-state index contributed by atoms with van der Waals surface area (Å²) in [6.45, 7) is 6.19. The number of ether oxygens (including phenoxy) is 5. The maximum Gasteiger partial charge on any atom is 0.239 e. The van der Waals surface area contributed by atoms with E-state index in [4.69, 9.17) is 33.7 Å². The molecule has 2 aromatic rings. The Kier molecular flexibility index (Phi) is 19.5. The molecule has 65 heavy (non-hydrogen) atoms. The largest absolute Gasteiger partial charge is 0.493 e. The molecule has 3 fully saturated rings. The number of oxime groups is 1. The van der Waals surface area contributed by atoms with Crippen molar-refractivity contribution in [2.45, 2.75) is 132 Å². The summed E-state index contributed by atoms with van der Waals surface area (Å²) in [7, 11) is 0. The number of amides is 1. The molecule has 5 aliphatic rings. The first-order chi connectivity index (χ1) is 32.0. The van der Waals surface area contributed by atoms with Crippen molar-refractivity contribution < 1.29 is 48.6 Å². The zero-order valence-electron chi connectivity index (χ0n) is 38.4. The summed E-state index contributed by atoms with van der Waals surface area (Å²) >= 11 is 1.76. The highest BCUT2D eigenvalue weighted by atomic mass is 32.2. The summed E-state index contributed by atoms with van der Waals surface area (Å²) in [5.41, 5.74) is 2.76. The Morgan fingerprint density at radius 2 is 1.72 bits per heavy atom. The lowest BCUT2D eigenvalue weighted by molar-refractivity contribution is -0.258. The van der Waals surface area contributed by atoms with Gasteiger partial charge in [-0.1, -0.05) is 74.0 Å². The molecule has 7 atom stereocenters. The highest BCUT2D eigenvalue weighted by Gasteiger charge is 2.65. The lowest BCUT2D eigenvalue weighted by atomic mass is 9.55. The average Bonchev–Trinajstić information content (AvgIpc) is 3.87. The number of benzene rings is 2. The van der Waals surface area contributed by atoms with Gasteiger partial charge in [0, 0.05) is 61.2 Å². The fourth-order valence-electron chi connectivity index (χ4n) is 11.0. The Hall–Kier alpha value is -3.43. The number of carbonyl (C=O) groups excluding carboxylic acids is 1. The van der Waals surface area contributed by atoms with Gasteiger partial charge >= 0.3 is 0 Å². The van der Waals surface area contributed by atoms with E-state index < -0.39 is 24.0 Å². The van der Waals surface area contributed by atoms with Crippen molar-refractivity contribution >= 4 is 23.4 Å². The Labute approximate surface area is 391 Å². The number of nitrogens with zero attached hydrogens (tertiary/aromatic N) is 2. The second-order valence-corrected chi connectivity index (χ2v) is 19.5. The van der Waals surface area contributed by atoms with Crippen LogP contribution in [0.4, 0.5) is 0 Å². The quantitative estimate of drug-likeness (QED) is 0.0342. The zero-order valence-corrected chi connectivity index (χ0v) is 39.2. The molecular weight excluding hydrogens is 845 g/mol. The summed E-state index contributed by atoms with van der Waals surface area (Å²) in [6, 6.07) is 15.8. The average molecular weight is 919 g/mol. The predicted octanol–water partition coefficient (Wildman–Crippen LogP) is 8.83. The van der Waals surface area contributed by atoms with Crippen molar-refractivity contribution in [3.8, 4) is 11.5 Å². The smallest absolute Gasteiger partial charge is 0.239 e. The van der Waals surface area contributed by atoms with Crippen LogP contribution in [-0.4, -0.2) is 115 Å². The molecule has 2 aromatic carbocycles. The standard InChI is InChI=1S/C52H74N2O10S/c1-2-29-62-52-47(54(25-31-59-32-28-57)48(58)24-21-38-14-6-7-15-38)37-45(53-64-49-20-10-13-30-61-49)43-35-39(16-8-11-26-55)42(19-9-12-27-56)50(51(43)52)44-36-40(22-23-46(44)63-52)60-33-34-65-41-17-4-3-5-18-41/h2-5,17-18,22-23,35-36,38-39,42,47,49-51,55-57H,1,6-16,19-21,24-34,37H2. The number of rotatable bonds is 27. The van der Waals surface area contributed by atoms with E-state index in [1.807, 2.05) is 35.2 Å². The Balaban J connectivity index is 1.35. The van der Waals surface area contributed by atoms with E-state index in [9.17, 15) is 20.1 Å². The van der Waals surface area contributed by atoms with Crippen LogP contribution in [-0.2, 0) is 23.8 Å². The third kappa shape index (κ3) is 12.8. The molecule has 2 saturated carbocycles. The van der Waals surface area contributed by atoms with Gasteiger partial charge in [0.1, 0.15) is 17.5 Å². The molecule has 0 spiro atoms. The molecule has 12 nitrogen and oxygen atoms in total. The van der Waals surface area contributed by atoms with Crippen LogP contribution < -0.4 is 9.47 Å². The number of aliphatic hydroxyl groups is 3. The van der Waals surface area contributed by atoms with Crippen LogP contribution in [0.2, 0.25) is 0 Å². The van der Waals surface area contributed by atoms with Crippen LogP contribution in [0.25, 0.3) is 0 Å². The lowest BCUT2D eigenvalue weighted by Crippen LogP contribution is -2.70. The van der Waals surface area contributed by atoms with Gasteiger partial charge in [-0.2, -0.15) is 0 Å². The molecule has 13 heteroatoms. The van der Waals surface area contributed by atoms with Gasteiger partial charge in [-0.25, -0.2) is 0 Å². The van der Waals surface area contributed by atoms with Crippen LogP contribution >= 0.6 is 11.8 Å². The third-order valence-corrected chi connectivity index (χ3v) is 15.1. The first-order valence-electron chi connectivity index (χ1n) is 24.6. The van der Waals surface area contributed by atoms with Crippen molar-refractivity contribution in [2.24, 2.45) is 28.8 Å². The van der Waals surface area contributed by atoms with Crippen LogP contribution in [0.5, 0.6) is 11.5 Å². The number of aliphatic hydroxyl groups excluding tert-OH is 3. The fraction of sp³-hybridized carbons (Fsp3) is 0.654. The molecule has 0 radical (unpaired) electrons. The second-order valence-electron chi connectivity index (χ2n) is 18.3. The van der Waals surface area contributed by atoms with E-state index in [0.29, 0.717) is 50.6 Å². The first kappa shape index (κ1) is 49.5. The highest BCUT2D eigenvalue weighted by molar-refractivity contribution is 7.99. The minimum atomic E-state index is -1.36. The maximum atomic E-state index is 15.0. The van der Waals surface area contributed by atoms with Gasteiger partial charge in [0.25, 0.3) is 0 Å². The van der Waals surface area contributed by atoms with Gasteiger partial charge in [-0.3, -0.25) is 4.79 Å². The predicted molar refractivity (Wildman–Crippen MR) is 253 cm³/mol. The monoisotopic (exact) mass is 919 g/mol. The van der Waals surface area contributed by atoms with Crippen LogP contribution in [0.3, 0.4) is 0 Å². The van der Waals surface area contributed by atoms with Crippen molar-refractivity contribution in [1.82, 2.24) is 4.90 Å². The highest BCUT2D eigenvalue weighted by Crippen LogP contribution is 2.62. The van der Waals surface area contributed by atoms with Crippen molar-refractivity contribution in [3.05, 3.63) is 78.4 Å². The van der Waals surface area contributed by atoms with Crippen molar-refractivity contribution in [1.29, 1.82) is 0 Å². The molecule has 3 aliphatic carbocycles. The molecule has 2 aliphatic heterocycles. The maximum absolute atomic E-state index is 15.0. The van der Waals surface area contributed by atoms with Gasteiger partial charge < -0.3 is 48.7 Å². The van der Waals surface area contributed by atoms with Gasteiger partial charge in [-0.15, -0.1) is 18.3 Å². The Morgan fingerprint density at radius 1 is 0.923 bits per heavy atom. The molecule has 1 saturated heterocycles. The van der Waals surface area contributed by atoms with E-state index in [2.05, 4.69) is 30.9 Å². The second kappa shape index (κ2) is 25.6. The molecule has 3 N–H and O–H groups in total. The molecule has 0 bridgehead atoms. The minimum Gasteiger partial charge on any atom is -0.493 e. The summed E-state index contributed by atoms with van der Waals surface area (Å²) in [4.78, 5) is 24.4. The fourth-order valence-corrected chi connectivity index (χ4v) is 11.8. The van der Waals surface area contributed by atoms with Crippen molar-refractivity contribution in [2.75, 3.05) is 65.2 Å². The van der Waals surface area contributed by atoms with Crippen LogP contribution in [0.15, 0.2) is 82.9 Å². The number of allylic oxidation sites excluding steroid dienone is 1. The van der Waals surface area contributed by atoms with E-state index in [1.54, 1.807) is 17.8 Å². The number of hydrogen-bond acceptors (Lipinski definition) is 12. The molecular formula is C52H74N2O10S. The molecule has 1 amide bonds. The zero-order chi connectivity index (χ0) is 45.3. The SMILES string of the molecule is C=CCOC12Oc3ccc(OCCSc4ccccc4)cc3C3C(CCCCO)C(CCCCO)C=C(C(=NOC4CCCCO4)CC1N(CCOCCO)C(=O)CCC1CCCC1)C32. The summed E-state index contributed by atoms with van der Waals surface area (Å²) in [6.07, 6.45) is 17.3. The Morgan fingerprint density at radius 3 is 2.48 bits per heavy atom. The normalized spacial score (nSPS) is 26.8. The molecule has 7 unspecified atom stereocenters. The lowest BCUT2D eigenvalue weighted by Gasteiger charge is -2.60.